The molecule has 0 amide bonds. The van der Waals surface area contributed by atoms with Crippen LogP contribution in [0.15, 0.2) is 18.3 Å². The van der Waals surface area contributed by atoms with Crippen LogP contribution in [0.3, 0.4) is 0 Å². The number of hydrogen-bond acceptors (Lipinski definition) is 2. The highest BCUT2D eigenvalue weighted by atomic mass is 16.2. The predicted octanol–water partition coefficient (Wildman–Crippen LogP) is 1.41. The van der Waals surface area contributed by atoms with Crippen LogP contribution in [0.4, 0.5) is 0 Å². The summed E-state index contributed by atoms with van der Waals surface area (Å²) < 4.78 is 0. The third-order valence-corrected chi connectivity index (χ3v) is 2.21. The highest BCUT2D eigenvalue weighted by Crippen LogP contribution is 2.17. The van der Waals surface area contributed by atoms with Crippen LogP contribution in [-0.4, -0.2) is 21.9 Å². The van der Waals surface area contributed by atoms with Gasteiger partial charge in [-0.05, 0) is 30.5 Å². The largest absolute Gasteiger partial charge is 0.396 e. The van der Waals surface area contributed by atoms with Crippen LogP contribution >= 0.6 is 0 Å². The molecule has 1 aromatic heterocycles. The van der Waals surface area contributed by atoms with Crippen LogP contribution in [0, 0.1) is 6.92 Å². The molecule has 3 heteroatoms. The molecule has 2 N–H and O–H groups in total. The predicted molar refractivity (Wildman–Crippen MR) is 51.6 cm³/mol. The van der Waals surface area contributed by atoms with Gasteiger partial charge in [0, 0.05) is 12.0 Å². The van der Waals surface area contributed by atoms with E-state index in [2.05, 4.69) is 22.3 Å². The van der Waals surface area contributed by atoms with Gasteiger partial charge in [0.15, 0.2) is 0 Å². The van der Waals surface area contributed by atoms with E-state index in [1.54, 1.807) is 0 Å². The first kappa shape index (κ1) is 8.26. The molecule has 0 radical (unpaired) electrons. The number of fused-ring (bicyclic) bond motifs is 1. The summed E-state index contributed by atoms with van der Waals surface area (Å²) in [4.78, 5) is 0. The lowest BCUT2D eigenvalue weighted by atomic mass is 10.1. The molecular weight excluding hydrogens is 164 g/mol. The normalized spacial score (nSPS) is 10.9. The van der Waals surface area contributed by atoms with E-state index >= 15 is 0 Å². The highest BCUT2D eigenvalue weighted by molar-refractivity contribution is 5.81. The molecule has 13 heavy (non-hydrogen) atoms. The lowest BCUT2D eigenvalue weighted by molar-refractivity contribution is 0.299. The number of hydrogen-bond donors (Lipinski definition) is 2. The van der Waals surface area contributed by atoms with E-state index in [9.17, 15) is 0 Å². The molecule has 1 aromatic carbocycles. The van der Waals surface area contributed by atoms with Gasteiger partial charge in [-0.2, -0.15) is 5.10 Å². The van der Waals surface area contributed by atoms with E-state index in [0.29, 0.717) is 6.42 Å². The summed E-state index contributed by atoms with van der Waals surface area (Å²) in [5, 5.41) is 16.8. The molecule has 0 spiro atoms. The third kappa shape index (κ3) is 1.42. The second kappa shape index (κ2) is 3.18. The Morgan fingerprint density at radius 2 is 2.31 bits per heavy atom. The lowest BCUT2D eigenvalue weighted by Crippen LogP contribution is -1.91. The first-order valence-electron chi connectivity index (χ1n) is 4.34. The number of benzene rings is 1. The van der Waals surface area contributed by atoms with E-state index in [0.717, 1.165) is 16.5 Å². The quantitative estimate of drug-likeness (QED) is 0.726. The second-order valence-electron chi connectivity index (χ2n) is 3.22. The SMILES string of the molecule is Cc1cc(CCO)cc2cn[nH]c12. The number of aryl methyl sites for hydroxylation is 1. The van der Waals surface area contributed by atoms with Crippen molar-refractivity contribution in [2.24, 2.45) is 0 Å². The summed E-state index contributed by atoms with van der Waals surface area (Å²) in [6.07, 6.45) is 2.52. The van der Waals surface area contributed by atoms with Crippen LogP contribution < -0.4 is 0 Å². The van der Waals surface area contributed by atoms with E-state index in [4.69, 9.17) is 5.11 Å². The Morgan fingerprint density at radius 1 is 1.46 bits per heavy atom. The molecule has 68 valence electrons. The summed E-state index contributed by atoms with van der Waals surface area (Å²) in [5.41, 5.74) is 3.43. The minimum Gasteiger partial charge on any atom is -0.396 e. The topological polar surface area (TPSA) is 48.9 Å². The number of aliphatic hydroxyl groups is 1. The summed E-state index contributed by atoms with van der Waals surface area (Å²) in [5.74, 6) is 0. The van der Waals surface area contributed by atoms with Crippen molar-refractivity contribution in [2.75, 3.05) is 6.61 Å². The molecule has 2 rings (SSSR count). The standard InChI is InChI=1S/C10H12N2O/c1-7-4-8(2-3-13)5-9-6-11-12-10(7)9/h4-6,13H,2-3H2,1H3,(H,11,12). The van der Waals surface area contributed by atoms with Crippen molar-refractivity contribution < 1.29 is 5.11 Å². The maximum Gasteiger partial charge on any atom is 0.0679 e. The Balaban J connectivity index is 2.56. The van der Waals surface area contributed by atoms with Gasteiger partial charge in [0.1, 0.15) is 0 Å². The van der Waals surface area contributed by atoms with Gasteiger partial charge in [-0.1, -0.05) is 6.07 Å². The van der Waals surface area contributed by atoms with Crippen LogP contribution in [0.1, 0.15) is 11.1 Å². The van der Waals surface area contributed by atoms with Crippen molar-refractivity contribution in [3.05, 3.63) is 29.5 Å². The molecule has 0 saturated carbocycles. The molecular formula is C10H12N2O. The lowest BCUT2D eigenvalue weighted by Gasteiger charge is -2.01. The number of aliphatic hydroxyl groups excluding tert-OH is 1. The summed E-state index contributed by atoms with van der Waals surface area (Å²) >= 11 is 0. The number of rotatable bonds is 2. The molecule has 1 heterocycles. The van der Waals surface area contributed by atoms with Gasteiger partial charge in [0.2, 0.25) is 0 Å². The monoisotopic (exact) mass is 176 g/mol. The van der Waals surface area contributed by atoms with Gasteiger partial charge in [-0.25, -0.2) is 0 Å². The fraction of sp³-hybridized carbons (Fsp3) is 0.300. The fourth-order valence-corrected chi connectivity index (χ4v) is 1.59. The van der Waals surface area contributed by atoms with Gasteiger partial charge >= 0.3 is 0 Å². The van der Waals surface area contributed by atoms with Crippen LogP contribution in [0.2, 0.25) is 0 Å². The van der Waals surface area contributed by atoms with E-state index < -0.39 is 0 Å². The Morgan fingerprint density at radius 3 is 3.08 bits per heavy atom. The van der Waals surface area contributed by atoms with Gasteiger partial charge in [-0.3, -0.25) is 5.10 Å². The maximum atomic E-state index is 8.81. The molecule has 0 aliphatic heterocycles. The van der Waals surface area contributed by atoms with Crippen molar-refractivity contribution >= 4 is 10.9 Å². The fourth-order valence-electron chi connectivity index (χ4n) is 1.59. The number of nitrogens with one attached hydrogen (secondary N) is 1. The Kier molecular flexibility index (Phi) is 2.02. The molecule has 2 aromatic rings. The number of aromatic amines is 1. The second-order valence-corrected chi connectivity index (χ2v) is 3.22. The van der Waals surface area contributed by atoms with Gasteiger partial charge < -0.3 is 5.11 Å². The summed E-state index contributed by atoms with van der Waals surface area (Å²) in [6.45, 7) is 2.24. The Labute approximate surface area is 76.4 Å². The average Bonchev–Trinajstić information content (AvgIpc) is 2.53. The molecule has 0 bridgehead atoms. The molecule has 0 aliphatic carbocycles. The zero-order chi connectivity index (χ0) is 9.26. The molecule has 0 atom stereocenters. The van der Waals surface area contributed by atoms with Crippen molar-refractivity contribution in [1.29, 1.82) is 0 Å². The summed E-state index contributed by atoms with van der Waals surface area (Å²) in [7, 11) is 0. The van der Waals surface area contributed by atoms with E-state index in [1.165, 1.54) is 5.56 Å². The van der Waals surface area contributed by atoms with Crippen molar-refractivity contribution in [2.45, 2.75) is 13.3 Å². The molecule has 0 aliphatic rings. The van der Waals surface area contributed by atoms with Crippen molar-refractivity contribution in [1.82, 2.24) is 10.2 Å². The minimum atomic E-state index is 0.197. The third-order valence-electron chi connectivity index (χ3n) is 2.21. The van der Waals surface area contributed by atoms with Gasteiger partial charge in [-0.15, -0.1) is 0 Å². The van der Waals surface area contributed by atoms with Crippen LogP contribution in [0.25, 0.3) is 10.9 Å². The first-order chi connectivity index (χ1) is 6.31. The van der Waals surface area contributed by atoms with Crippen molar-refractivity contribution in [3.63, 3.8) is 0 Å². The smallest absolute Gasteiger partial charge is 0.0679 e. The Hall–Kier alpha value is -1.35. The maximum absolute atomic E-state index is 8.81. The van der Waals surface area contributed by atoms with Gasteiger partial charge in [0.25, 0.3) is 0 Å². The van der Waals surface area contributed by atoms with Crippen molar-refractivity contribution in [3.8, 4) is 0 Å². The zero-order valence-corrected chi connectivity index (χ0v) is 7.54. The number of H-pyrrole nitrogens is 1. The molecule has 0 unspecified atom stereocenters. The van der Waals surface area contributed by atoms with E-state index in [-0.39, 0.29) is 6.61 Å². The number of nitrogens with zero attached hydrogens (tertiary/aromatic N) is 1. The van der Waals surface area contributed by atoms with Crippen LogP contribution in [0.5, 0.6) is 0 Å². The number of aromatic nitrogens is 2. The van der Waals surface area contributed by atoms with Crippen LogP contribution in [-0.2, 0) is 6.42 Å². The van der Waals surface area contributed by atoms with Gasteiger partial charge in [0.05, 0.1) is 11.7 Å². The molecule has 3 nitrogen and oxygen atoms in total. The average molecular weight is 176 g/mol. The van der Waals surface area contributed by atoms with E-state index in [1.807, 2.05) is 13.1 Å². The highest BCUT2D eigenvalue weighted by Gasteiger charge is 2.01. The first-order valence-corrected chi connectivity index (χ1v) is 4.34. The summed E-state index contributed by atoms with van der Waals surface area (Å²) in [6, 6.07) is 4.14. The minimum absolute atomic E-state index is 0.197. The molecule has 0 fully saturated rings. The Bertz CT molecular complexity index is 420. The molecule has 0 saturated heterocycles. The zero-order valence-electron chi connectivity index (χ0n) is 7.54.